The first-order valence-electron chi connectivity index (χ1n) is 10.2. The zero-order valence-electron chi connectivity index (χ0n) is 17.4. The number of para-hydroxylation sites is 1. The van der Waals surface area contributed by atoms with E-state index in [1.165, 1.54) is 23.4 Å². The normalized spacial score (nSPS) is 15.8. The predicted molar refractivity (Wildman–Crippen MR) is 120 cm³/mol. The van der Waals surface area contributed by atoms with Crippen molar-refractivity contribution in [3.8, 4) is 0 Å². The van der Waals surface area contributed by atoms with Crippen LogP contribution in [-0.4, -0.2) is 36.1 Å². The third kappa shape index (κ3) is 4.96. The average Bonchev–Trinajstić information content (AvgIpc) is 3.48. The van der Waals surface area contributed by atoms with Crippen molar-refractivity contribution in [3.05, 3.63) is 84.3 Å². The Morgan fingerprint density at radius 3 is 2.45 bits per heavy atom. The Balaban J connectivity index is 1.68. The van der Waals surface area contributed by atoms with Crippen LogP contribution < -0.4 is 4.72 Å². The van der Waals surface area contributed by atoms with E-state index in [1.807, 2.05) is 0 Å². The largest absolute Gasteiger partial charge is 0.481 e. The van der Waals surface area contributed by atoms with Crippen LogP contribution in [0.3, 0.4) is 0 Å². The minimum atomic E-state index is -3.87. The Morgan fingerprint density at radius 1 is 1.03 bits per heavy atom. The Labute approximate surface area is 190 Å². The smallest absolute Gasteiger partial charge is 0.303 e. The molecule has 1 amide bonds. The zero-order chi connectivity index (χ0) is 23.4. The van der Waals surface area contributed by atoms with Crippen molar-refractivity contribution < 1.29 is 27.5 Å². The van der Waals surface area contributed by atoms with Crippen molar-refractivity contribution in [2.75, 3.05) is 4.72 Å². The quantitative estimate of drug-likeness (QED) is 0.520. The maximum atomic E-state index is 12.9. The number of amides is 1. The van der Waals surface area contributed by atoms with Crippen LogP contribution in [0.25, 0.3) is 0 Å². The molecule has 2 heterocycles. The molecule has 33 heavy (non-hydrogen) atoms. The van der Waals surface area contributed by atoms with Gasteiger partial charge in [0.2, 0.25) is 5.91 Å². The molecule has 4 rings (SSSR count). The summed E-state index contributed by atoms with van der Waals surface area (Å²) < 4.78 is 33.9. The molecule has 0 spiro atoms. The minimum Gasteiger partial charge on any atom is -0.481 e. The van der Waals surface area contributed by atoms with E-state index in [1.54, 1.807) is 54.6 Å². The summed E-state index contributed by atoms with van der Waals surface area (Å²) in [6.07, 6.45) is 1.19. The monoisotopic (exact) mass is 467 g/mol. The van der Waals surface area contributed by atoms with Crippen LogP contribution in [0.4, 0.5) is 5.69 Å². The van der Waals surface area contributed by atoms with Crippen molar-refractivity contribution in [1.82, 2.24) is 5.01 Å². The summed E-state index contributed by atoms with van der Waals surface area (Å²) in [4.78, 5) is 23.9. The summed E-state index contributed by atoms with van der Waals surface area (Å²) in [5, 5.41) is 14.6. The van der Waals surface area contributed by atoms with Gasteiger partial charge in [-0.15, -0.1) is 0 Å². The maximum Gasteiger partial charge on any atom is 0.303 e. The molecule has 1 aromatic heterocycles. The third-order valence-electron chi connectivity index (χ3n) is 5.14. The Bertz CT molecular complexity index is 1290. The van der Waals surface area contributed by atoms with E-state index in [0.29, 0.717) is 22.7 Å². The number of benzene rings is 2. The lowest BCUT2D eigenvalue weighted by Crippen LogP contribution is -2.28. The zero-order valence-corrected chi connectivity index (χ0v) is 18.2. The van der Waals surface area contributed by atoms with E-state index in [2.05, 4.69) is 9.82 Å². The van der Waals surface area contributed by atoms with E-state index in [9.17, 15) is 18.0 Å². The summed E-state index contributed by atoms with van der Waals surface area (Å²) in [6.45, 7) is 0. The van der Waals surface area contributed by atoms with E-state index < -0.39 is 27.9 Å². The molecule has 9 nitrogen and oxygen atoms in total. The summed E-state index contributed by atoms with van der Waals surface area (Å²) in [5.74, 6) is -1.09. The second-order valence-electron chi connectivity index (χ2n) is 7.38. The highest BCUT2D eigenvalue weighted by atomic mass is 32.2. The van der Waals surface area contributed by atoms with Crippen LogP contribution in [0.15, 0.2) is 87.4 Å². The number of furan rings is 1. The maximum absolute atomic E-state index is 12.9. The number of carbonyl (C=O) groups excluding carboxylic acids is 1. The van der Waals surface area contributed by atoms with Gasteiger partial charge in [0.25, 0.3) is 10.0 Å². The number of nitrogens with zero attached hydrogens (tertiary/aromatic N) is 2. The van der Waals surface area contributed by atoms with Gasteiger partial charge in [0.1, 0.15) is 11.5 Å². The van der Waals surface area contributed by atoms with E-state index in [4.69, 9.17) is 9.52 Å². The van der Waals surface area contributed by atoms with Gasteiger partial charge in [-0.2, -0.15) is 5.10 Å². The first kappa shape index (κ1) is 22.3. The molecule has 0 fully saturated rings. The molecule has 2 N–H and O–H groups in total. The SMILES string of the molecule is O=C(O)CCC(=O)N1N=C(c2ccco2)C[C@@H]1c1ccccc1NS(=O)(=O)c1ccccc1. The van der Waals surface area contributed by atoms with Crippen LogP contribution >= 0.6 is 0 Å². The molecule has 1 aliphatic heterocycles. The van der Waals surface area contributed by atoms with E-state index in [0.717, 1.165) is 0 Å². The molecule has 2 aromatic carbocycles. The molecule has 0 aliphatic carbocycles. The first-order valence-corrected chi connectivity index (χ1v) is 11.7. The summed E-state index contributed by atoms with van der Waals surface area (Å²) in [5.41, 5.74) is 1.35. The van der Waals surface area contributed by atoms with Gasteiger partial charge in [-0.3, -0.25) is 14.3 Å². The van der Waals surface area contributed by atoms with Crippen molar-refractivity contribution in [2.45, 2.75) is 30.2 Å². The lowest BCUT2D eigenvalue weighted by Gasteiger charge is -2.24. The van der Waals surface area contributed by atoms with E-state index in [-0.39, 0.29) is 24.2 Å². The number of carbonyl (C=O) groups is 2. The van der Waals surface area contributed by atoms with Crippen LogP contribution in [0.1, 0.15) is 36.6 Å². The van der Waals surface area contributed by atoms with Crippen molar-refractivity contribution in [2.24, 2.45) is 5.10 Å². The molecule has 0 radical (unpaired) electrons. The highest BCUT2D eigenvalue weighted by Crippen LogP contribution is 2.37. The van der Waals surface area contributed by atoms with Crippen LogP contribution in [0.5, 0.6) is 0 Å². The molecule has 1 aliphatic rings. The fourth-order valence-electron chi connectivity index (χ4n) is 3.59. The highest BCUT2D eigenvalue weighted by molar-refractivity contribution is 7.92. The summed E-state index contributed by atoms with van der Waals surface area (Å²) in [6, 6.07) is 17.5. The summed E-state index contributed by atoms with van der Waals surface area (Å²) >= 11 is 0. The average molecular weight is 468 g/mol. The molecule has 170 valence electrons. The second-order valence-corrected chi connectivity index (χ2v) is 9.06. The number of sulfonamides is 1. The van der Waals surface area contributed by atoms with Crippen LogP contribution in [0, 0.1) is 0 Å². The fourth-order valence-corrected chi connectivity index (χ4v) is 4.70. The standard InChI is InChI=1S/C23H21N3O6S/c27-22(12-13-23(28)29)26-20(15-19(24-26)21-11-6-14-32-21)17-9-4-5-10-18(17)25-33(30,31)16-7-2-1-3-8-16/h1-11,14,20,25H,12-13,15H2,(H,28,29)/t20-/m1/s1. The van der Waals surface area contributed by atoms with Gasteiger partial charge in [-0.25, -0.2) is 13.4 Å². The number of carboxylic acids is 1. The van der Waals surface area contributed by atoms with Gasteiger partial charge in [-0.05, 0) is 30.3 Å². The highest BCUT2D eigenvalue weighted by Gasteiger charge is 2.35. The molecule has 3 aromatic rings. The third-order valence-corrected chi connectivity index (χ3v) is 6.52. The second kappa shape index (κ2) is 9.29. The van der Waals surface area contributed by atoms with E-state index >= 15 is 0 Å². The number of hydrogen-bond donors (Lipinski definition) is 2. The lowest BCUT2D eigenvalue weighted by molar-refractivity contribution is -0.141. The molecule has 1 atom stereocenters. The van der Waals surface area contributed by atoms with Gasteiger partial charge in [0.05, 0.1) is 29.3 Å². The molecule has 10 heteroatoms. The Morgan fingerprint density at radius 2 is 1.76 bits per heavy atom. The van der Waals surface area contributed by atoms with Crippen LogP contribution in [0.2, 0.25) is 0 Å². The number of hydrogen-bond acceptors (Lipinski definition) is 6. The number of aliphatic carboxylic acids is 1. The van der Waals surface area contributed by atoms with Gasteiger partial charge < -0.3 is 9.52 Å². The number of nitrogens with one attached hydrogen (secondary N) is 1. The topological polar surface area (TPSA) is 129 Å². The Kier molecular flexibility index (Phi) is 6.27. The molecule has 0 saturated heterocycles. The lowest BCUT2D eigenvalue weighted by atomic mass is 9.99. The number of anilines is 1. The van der Waals surface area contributed by atoms with Gasteiger partial charge in [0, 0.05) is 18.4 Å². The van der Waals surface area contributed by atoms with Crippen molar-refractivity contribution >= 4 is 33.3 Å². The van der Waals surface area contributed by atoms with Gasteiger partial charge in [0.15, 0.2) is 0 Å². The number of hydrazone groups is 1. The molecule has 0 bridgehead atoms. The van der Waals surface area contributed by atoms with Gasteiger partial charge >= 0.3 is 5.97 Å². The molecule has 0 unspecified atom stereocenters. The number of rotatable bonds is 8. The predicted octanol–water partition coefficient (Wildman–Crippen LogP) is 3.62. The Hall–Kier alpha value is -3.92. The number of carboxylic acid groups (broad SMARTS) is 1. The van der Waals surface area contributed by atoms with Crippen LogP contribution in [-0.2, 0) is 19.6 Å². The first-order chi connectivity index (χ1) is 15.8. The molecular weight excluding hydrogens is 446 g/mol. The minimum absolute atomic E-state index is 0.105. The van der Waals surface area contributed by atoms with Gasteiger partial charge in [-0.1, -0.05) is 36.4 Å². The summed E-state index contributed by atoms with van der Waals surface area (Å²) in [7, 11) is -3.87. The molecule has 0 saturated carbocycles. The van der Waals surface area contributed by atoms with Crippen molar-refractivity contribution in [3.63, 3.8) is 0 Å². The fraction of sp³-hybridized carbons (Fsp3) is 0.174. The molecular formula is C23H21N3O6S. The van der Waals surface area contributed by atoms with Crippen molar-refractivity contribution in [1.29, 1.82) is 0 Å².